The molecular formula is C12H22N2OS. The van der Waals surface area contributed by atoms with Gasteiger partial charge < -0.3 is 10.1 Å². The number of nitrogens with zero attached hydrogens (tertiary/aromatic N) is 1. The molecule has 0 aromatic carbocycles. The molecule has 1 aromatic heterocycles. The van der Waals surface area contributed by atoms with E-state index >= 15 is 0 Å². The number of ether oxygens (including phenoxy) is 1. The predicted octanol–water partition coefficient (Wildman–Crippen LogP) is 2.99. The molecule has 1 unspecified atom stereocenters. The molecule has 1 aromatic rings. The Morgan fingerprint density at radius 2 is 2.19 bits per heavy atom. The fourth-order valence-corrected chi connectivity index (χ4v) is 2.22. The minimum atomic E-state index is 0.119. The smallest absolute Gasteiger partial charge is 0.122 e. The van der Waals surface area contributed by atoms with Gasteiger partial charge in [0.05, 0.1) is 5.69 Å². The lowest BCUT2D eigenvalue weighted by Crippen LogP contribution is -2.19. The van der Waals surface area contributed by atoms with Gasteiger partial charge in [-0.15, -0.1) is 11.3 Å². The van der Waals surface area contributed by atoms with E-state index in [1.54, 1.807) is 11.3 Å². The summed E-state index contributed by atoms with van der Waals surface area (Å²) in [6.45, 7) is 11.1. The summed E-state index contributed by atoms with van der Waals surface area (Å²) in [5, 5.41) is 6.57. The van der Waals surface area contributed by atoms with Crippen LogP contribution in [0.3, 0.4) is 0 Å². The maximum Gasteiger partial charge on any atom is 0.122 e. The lowest BCUT2D eigenvalue weighted by molar-refractivity contribution is 0.0761. The maximum absolute atomic E-state index is 5.51. The summed E-state index contributed by atoms with van der Waals surface area (Å²) in [7, 11) is 0. The number of nitrogens with one attached hydrogen (secondary N) is 1. The average molecular weight is 242 g/mol. The van der Waals surface area contributed by atoms with Crippen molar-refractivity contribution in [1.29, 1.82) is 0 Å². The first-order valence-corrected chi connectivity index (χ1v) is 6.78. The molecule has 0 amide bonds. The summed E-state index contributed by atoms with van der Waals surface area (Å²) >= 11 is 1.68. The van der Waals surface area contributed by atoms with E-state index in [-0.39, 0.29) is 6.10 Å². The number of hydrogen-bond donors (Lipinski definition) is 1. The highest BCUT2D eigenvalue weighted by atomic mass is 32.1. The van der Waals surface area contributed by atoms with Crippen LogP contribution in [0.4, 0.5) is 0 Å². The largest absolute Gasteiger partial charge is 0.372 e. The van der Waals surface area contributed by atoms with Crippen molar-refractivity contribution in [1.82, 2.24) is 10.3 Å². The van der Waals surface area contributed by atoms with Crippen molar-refractivity contribution in [3.8, 4) is 0 Å². The van der Waals surface area contributed by atoms with E-state index in [1.807, 2.05) is 13.8 Å². The zero-order valence-corrected chi connectivity index (χ0v) is 11.4. The molecule has 0 saturated heterocycles. The minimum absolute atomic E-state index is 0.119. The molecule has 0 aliphatic carbocycles. The summed E-state index contributed by atoms with van der Waals surface area (Å²) < 4.78 is 5.51. The molecule has 4 heteroatoms. The van der Waals surface area contributed by atoms with Gasteiger partial charge in [-0.2, -0.15) is 0 Å². The van der Waals surface area contributed by atoms with Crippen molar-refractivity contribution in [2.24, 2.45) is 5.92 Å². The van der Waals surface area contributed by atoms with Crippen LogP contribution in [-0.2, 0) is 11.3 Å². The van der Waals surface area contributed by atoms with Gasteiger partial charge in [0.25, 0.3) is 0 Å². The molecule has 0 saturated carbocycles. The fourth-order valence-electron chi connectivity index (χ4n) is 1.40. The molecule has 1 heterocycles. The summed E-state index contributed by atoms with van der Waals surface area (Å²) in [4.78, 5) is 4.56. The average Bonchev–Trinajstić information content (AvgIpc) is 2.66. The molecule has 0 aliphatic heterocycles. The predicted molar refractivity (Wildman–Crippen MR) is 68.7 cm³/mol. The normalized spacial score (nSPS) is 13.3. The Morgan fingerprint density at radius 3 is 2.81 bits per heavy atom. The van der Waals surface area contributed by atoms with Crippen molar-refractivity contribution in [3.63, 3.8) is 0 Å². The van der Waals surface area contributed by atoms with Gasteiger partial charge in [0.2, 0.25) is 0 Å². The summed E-state index contributed by atoms with van der Waals surface area (Å²) in [5.41, 5.74) is 1.12. The van der Waals surface area contributed by atoms with E-state index in [2.05, 4.69) is 29.5 Å². The molecular weight excluding hydrogens is 220 g/mol. The number of aromatic nitrogens is 1. The van der Waals surface area contributed by atoms with E-state index in [0.29, 0.717) is 5.92 Å². The third kappa shape index (κ3) is 4.60. The van der Waals surface area contributed by atoms with Gasteiger partial charge in [-0.3, -0.25) is 0 Å². The van der Waals surface area contributed by atoms with Crippen LogP contribution in [-0.4, -0.2) is 18.1 Å². The minimum Gasteiger partial charge on any atom is -0.372 e. The van der Waals surface area contributed by atoms with Crippen LogP contribution in [0, 0.1) is 5.92 Å². The Morgan fingerprint density at radius 1 is 1.44 bits per heavy atom. The van der Waals surface area contributed by atoms with Crippen LogP contribution in [0.1, 0.15) is 44.5 Å². The molecule has 0 bridgehead atoms. The third-order valence-corrected chi connectivity index (χ3v) is 3.25. The highest BCUT2D eigenvalue weighted by molar-refractivity contribution is 7.09. The van der Waals surface area contributed by atoms with Crippen LogP contribution in [0.15, 0.2) is 5.38 Å². The summed E-state index contributed by atoms with van der Waals surface area (Å²) in [6, 6.07) is 0. The van der Waals surface area contributed by atoms with Crippen LogP contribution >= 0.6 is 11.3 Å². The van der Waals surface area contributed by atoms with Gasteiger partial charge >= 0.3 is 0 Å². The molecule has 0 fully saturated rings. The first kappa shape index (κ1) is 13.6. The molecule has 1 N–H and O–H groups in total. The monoisotopic (exact) mass is 242 g/mol. The van der Waals surface area contributed by atoms with E-state index in [0.717, 1.165) is 30.4 Å². The van der Waals surface area contributed by atoms with Crippen LogP contribution in [0.2, 0.25) is 0 Å². The van der Waals surface area contributed by atoms with Crippen molar-refractivity contribution >= 4 is 11.3 Å². The fraction of sp³-hybridized carbons (Fsp3) is 0.750. The van der Waals surface area contributed by atoms with Gasteiger partial charge in [-0.25, -0.2) is 4.98 Å². The quantitative estimate of drug-likeness (QED) is 0.798. The standard InChI is InChI=1S/C12H22N2OS/c1-5-15-10(4)12-14-11(8-16-12)7-13-6-9(2)3/h8-10,13H,5-7H2,1-4H3. The Hall–Kier alpha value is -0.450. The van der Waals surface area contributed by atoms with Gasteiger partial charge in [-0.1, -0.05) is 13.8 Å². The highest BCUT2D eigenvalue weighted by Crippen LogP contribution is 2.20. The Balaban J connectivity index is 2.39. The second-order valence-electron chi connectivity index (χ2n) is 4.30. The van der Waals surface area contributed by atoms with Crippen LogP contribution in [0.5, 0.6) is 0 Å². The molecule has 16 heavy (non-hydrogen) atoms. The molecule has 0 spiro atoms. The van der Waals surface area contributed by atoms with Gasteiger partial charge in [0.15, 0.2) is 0 Å². The van der Waals surface area contributed by atoms with Gasteiger partial charge in [0, 0.05) is 18.5 Å². The number of rotatable bonds is 7. The first-order chi connectivity index (χ1) is 7.63. The third-order valence-electron chi connectivity index (χ3n) is 2.19. The molecule has 1 rings (SSSR count). The molecule has 1 atom stereocenters. The SMILES string of the molecule is CCOC(C)c1nc(CNCC(C)C)cs1. The lowest BCUT2D eigenvalue weighted by Gasteiger charge is -2.07. The maximum atomic E-state index is 5.51. The Labute approximate surface area is 102 Å². The number of hydrogen-bond acceptors (Lipinski definition) is 4. The van der Waals surface area contributed by atoms with Crippen molar-refractivity contribution in [2.45, 2.75) is 40.3 Å². The van der Waals surface area contributed by atoms with Gasteiger partial charge in [0.1, 0.15) is 11.1 Å². The molecule has 3 nitrogen and oxygen atoms in total. The zero-order chi connectivity index (χ0) is 12.0. The van der Waals surface area contributed by atoms with E-state index in [1.165, 1.54) is 0 Å². The zero-order valence-electron chi connectivity index (χ0n) is 10.6. The Kier molecular flexibility index (Phi) is 5.95. The molecule has 92 valence electrons. The van der Waals surface area contributed by atoms with E-state index in [9.17, 15) is 0 Å². The van der Waals surface area contributed by atoms with Gasteiger partial charge in [-0.05, 0) is 26.3 Å². The van der Waals surface area contributed by atoms with Crippen LogP contribution in [0.25, 0.3) is 0 Å². The second-order valence-corrected chi connectivity index (χ2v) is 5.19. The van der Waals surface area contributed by atoms with E-state index < -0.39 is 0 Å². The summed E-state index contributed by atoms with van der Waals surface area (Å²) in [5.74, 6) is 0.681. The van der Waals surface area contributed by atoms with Crippen molar-refractivity contribution < 1.29 is 4.74 Å². The van der Waals surface area contributed by atoms with Crippen molar-refractivity contribution in [3.05, 3.63) is 16.1 Å². The Bertz CT molecular complexity index is 299. The van der Waals surface area contributed by atoms with Crippen molar-refractivity contribution in [2.75, 3.05) is 13.2 Å². The molecule has 0 aliphatic rings. The van der Waals surface area contributed by atoms with Crippen LogP contribution < -0.4 is 5.32 Å². The first-order valence-electron chi connectivity index (χ1n) is 5.90. The number of thiazole rings is 1. The highest BCUT2D eigenvalue weighted by Gasteiger charge is 2.09. The molecule has 0 radical (unpaired) electrons. The summed E-state index contributed by atoms with van der Waals surface area (Å²) in [6.07, 6.45) is 0.119. The topological polar surface area (TPSA) is 34.1 Å². The lowest BCUT2D eigenvalue weighted by atomic mass is 10.2. The second kappa shape index (κ2) is 6.99. The van der Waals surface area contributed by atoms with E-state index in [4.69, 9.17) is 4.74 Å².